The summed E-state index contributed by atoms with van der Waals surface area (Å²) in [5.41, 5.74) is 1.99. The number of thioether (sulfide) groups is 1. The Labute approximate surface area is 171 Å². The van der Waals surface area contributed by atoms with E-state index in [0.29, 0.717) is 6.61 Å². The molecule has 5 atom stereocenters. The van der Waals surface area contributed by atoms with Gasteiger partial charge < -0.3 is 29.9 Å². The molecule has 4 N–H and O–H groups in total. The largest absolute Gasteiger partial charge is 0.497 e. The normalized spacial score (nSPS) is 32.3. The molecule has 152 valence electrons. The molecule has 28 heavy (non-hydrogen) atoms. The number of hydrogen-bond donors (Lipinski definition) is 4. The Morgan fingerprint density at radius 2 is 1.93 bits per heavy atom. The van der Waals surface area contributed by atoms with Crippen molar-refractivity contribution in [2.75, 3.05) is 20.3 Å². The van der Waals surface area contributed by atoms with Gasteiger partial charge in [-0.3, -0.25) is 0 Å². The highest BCUT2D eigenvalue weighted by Gasteiger charge is 2.56. The molecule has 1 fully saturated rings. The fraction of sp³-hybridized carbons (Fsp3) is 0.500. The molecular weight excluding hydrogens is 400 g/mol. The van der Waals surface area contributed by atoms with Crippen LogP contribution in [0.1, 0.15) is 20.9 Å². The first-order valence-corrected chi connectivity index (χ1v) is 10.9. The highest BCUT2D eigenvalue weighted by molar-refractivity contribution is 8.00. The number of methoxy groups -OCH3 is 1. The van der Waals surface area contributed by atoms with Gasteiger partial charge in [0.25, 0.3) is 0 Å². The number of rotatable bonds is 4. The molecule has 3 heterocycles. The van der Waals surface area contributed by atoms with Crippen molar-refractivity contribution >= 4 is 23.1 Å². The number of aliphatic hydroxyl groups is 4. The standard InChI is InChI=1S/C20H24O6S2/c1-25-12-4-2-11(3-5-12)8-13-9-14-15(27-13)6-7-26-20(14)19(24)18(23)17(22)16(10-21)28-20/h2-5,9,16-19,21-24H,6-8,10H2,1H3/t16-,17-,18+,19-,20+/m1/s1. The van der Waals surface area contributed by atoms with Crippen LogP contribution in [0.15, 0.2) is 30.3 Å². The summed E-state index contributed by atoms with van der Waals surface area (Å²) in [4.78, 5) is 1.07. The molecule has 0 bridgehead atoms. The van der Waals surface area contributed by atoms with E-state index in [1.807, 2.05) is 30.3 Å². The quantitative estimate of drug-likeness (QED) is 0.587. The molecule has 2 aromatic rings. The van der Waals surface area contributed by atoms with Crippen LogP contribution in [0.4, 0.5) is 0 Å². The zero-order valence-corrected chi connectivity index (χ0v) is 17.1. The van der Waals surface area contributed by atoms with Gasteiger partial charge in [-0.05, 0) is 23.8 Å². The summed E-state index contributed by atoms with van der Waals surface area (Å²) in [5.74, 6) is 0.811. The second-order valence-corrected chi connectivity index (χ2v) is 9.77. The Kier molecular flexibility index (Phi) is 5.72. The summed E-state index contributed by atoms with van der Waals surface area (Å²) >= 11 is 2.88. The van der Waals surface area contributed by atoms with Gasteiger partial charge in [-0.1, -0.05) is 12.1 Å². The summed E-state index contributed by atoms with van der Waals surface area (Å²) < 4.78 is 11.2. The van der Waals surface area contributed by atoms with E-state index in [1.165, 1.54) is 11.8 Å². The Morgan fingerprint density at radius 3 is 2.61 bits per heavy atom. The second kappa shape index (κ2) is 7.95. The zero-order chi connectivity index (χ0) is 19.9. The van der Waals surface area contributed by atoms with Gasteiger partial charge >= 0.3 is 0 Å². The molecule has 4 rings (SSSR count). The van der Waals surface area contributed by atoms with Gasteiger partial charge in [0.05, 0.1) is 31.7 Å². The van der Waals surface area contributed by atoms with Crippen LogP contribution in [0, 0.1) is 0 Å². The van der Waals surface area contributed by atoms with E-state index in [-0.39, 0.29) is 6.61 Å². The number of aliphatic hydroxyl groups excluding tert-OH is 4. The summed E-state index contributed by atoms with van der Waals surface area (Å²) in [6.07, 6.45) is -2.39. The molecule has 0 radical (unpaired) electrons. The van der Waals surface area contributed by atoms with Crippen molar-refractivity contribution in [2.45, 2.75) is 41.3 Å². The van der Waals surface area contributed by atoms with Crippen molar-refractivity contribution in [2.24, 2.45) is 0 Å². The Hall–Kier alpha value is -1.13. The SMILES string of the molecule is COc1ccc(Cc2cc3c(s2)CCO[C@]32S[C@H](CO)[C@@H](O)[C@H](O)[C@H]2O)cc1. The van der Waals surface area contributed by atoms with E-state index in [9.17, 15) is 20.4 Å². The van der Waals surface area contributed by atoms with Gasteiger partial charge in [0, 0.05) is 28.2 Å². The van der Waals surface area contributed by atoms with Crippen LogP contribution < -0.4 is 4.74 Å². The van der Waals surface area contributed by atoms with Crippen LogP contribution in [-0.2, 0) is 22.5 Å². The van der Waals surface area contributed by atoms with Crippen LogP contribution >= 0.6 is 23.1 Å². The minimum atomic E-state index is -1.38. The van der Waals surface area contributed by atoms with Crippen molar-refractivity contribution < 1.29 is 29.9 Å². The van der Waals surface area contributed by atoms with E-state index >= 15 is 0 Å². The average molecular weight is 425 g/mol. The van der Waals surface area contributed by atoms with Crippen molar-refractivity contribution in [3.63, 3.8) is 0 Å². The van der Waals surface area contributed by atoms with Crippen molar-refractivity contribution in [1.82, 2.24) is 0 Å². The monoisotopic (exact) mass is 424 g/mol. The van der Waals surface area contributed by atoms with Crippen LogP contribution in [0.3, 0.4) is 0 Å². The lowest BCUT2D eigenvalue weighted by Gasteiger charge is -2.49. The molecule has 0 saturated carbocycles. The summed E-state index contributed by atoms with van der Waals surface area (Å²) in [6, 6.07) is 9.93. The predicted molar refractivity (Wildman–Crippen MR) is 108 cm³/mol. The summed E-state index contributed by atoms with van der Waals surface area (Å²) in [6.45, 7) is 0.111. The van der Waals surface area contributed by atoms with Crippen LogP contribution in [0.5, 0.6) is 5.75 Å². The lowest BCUT2D eigenvalue weighted by molar-refractivity contribution is -0.155. The minimum absolute atomic E-state index is 0.307. The number of ether oxygens (including phenoxy) is 2. The Bertz CT molecular complexity index is 821. The molecular formula is C20H24O6S2. The molecule has 1 spiro atoms. The Morgan fingerprint density at radius 1 is 1.18 bits per heavy atom. The molecule has 1 saturated heterocycles. The molecule has 1 aromatic heterocycles. The molecule has 2 aliphatic rings. The third-order valence-electron chi connectivity index (χ3n) is 5.37. The third-order valence-corrected chi connectivity index (χ3v) is 8.22. The van der Waals surface area contributed by atoms with E-state index in [2.05, 4.69) is 0 Å². The predicted octanol–water partition coefficient (Wildman–Crippen LogP) is 1.26. The third kappa shape index (κ3) is 3.37. The van der Waals surface area contributed by atoms with Crippen molar-refractivity contribution in [3.05, 3.63) is 51.2 Å². The summed E-state index contributed by atoms with van der Waals surface area (Å²) in [5, 5.41) is 40.3. The molecule has 0 amide bonds. The Balaban J connectivity index is 1.65. The molecule has 0 unspecified atom stereocenters. The van der Waals surface area contributed by atoms with Gasteiger partial charge in [-0.25, -0.2) is 0 Å². The topological polar surface area (TPSA) is 99.4 Å². The minimum Gasteiger partial charge on any atom is -0.497 e. The maximum Gasteiger partial charge on any atom is 0.169 e. The summed E-state index contributed by atoms with van der Waals surface area (Å²) in [7, 11) is 1.64. The highest BCUT2D eigenvalue weighted by Crippen LogP contribution is 2.53. The van der Waals surface area contributed by atoms with E-state index in [0.717, 1.165) is 39.5 Å². The van der Waals surface area contributed by atoms with Gasteiger partial charge in [-0.15, -0.1) is 23.1 Å². The lowest BCUT2D eigenvalue weighted by atomic mass is 9.92. The molecule has 2 aliphatic heterocycles. The van der Waals surface area contributed by atoms with Gasteiger partial charge in [0.15, 0.2) is 4.93 Å². The van der Waals surface area contributed by atoms with Crippen LogP contribution in [0.25, 0.3) is 0 Å². The van der Waals surface area contributed by atoms with Crippen molar-refractivity contribution in [1.29, 1.82) is 0 Å². The maximum absolute atomic E-state index is 10.8. The molecule has 6 nitrogen and oxygen atoms in total. The highest BCUT2D eigenvalue weighted by atomic mass is 32.2. The fourth-order valence-corrected chi connectivity index (χ4v) is 6.72. The first-order chi connectivity index (χ1) is 13.5. The smallest absolute Gasteiger partial charge is 0.169 e. The van der Waals surface area contributed by atoms with E-state index in [4.69, 9.17) is 9.47 Å². The number of fused-ring (bicyclic) bond motifs is 2. The first-order valence-electron chi connectivity index (χ1n) is 9.20. The van der Waals surface area contributed by atoms with Crippen LogP contribution in [0.2, 0.25) is 0 Å². The lowest BCUT2D eigenvalue weighted by Crippen LogP contribution is -2.60. The molecule has 1 aromatic carbocycles. The second-order valence-electron chi connectivity index (χ2n) is 7.11. The number of hydrogen-bond acceptors (Lipinski definition) is 8. The molecule has 8 heteroatoms. The number of benzene rings is 1. The van der Waals surface area contributed by atoms with E-state index < -0.39 is 28.5 Å². The fourth-order valence-electron chi connectivity index (χ4n) is 3.85. The van der Waals surface area contributed by atoms with Gasteiger partial charge in [-0.2, -0.15) is 0 Å². The van der Waals surface area contributed by atoms with Crippen LogP contribution in [-0.4, -0.2) is 64.3 Å². The first kappa shape index (κ1) is 20.2. The van der Waals surface area contributed by atoms with Gasteiger partial charge in [0.1, 0.15) is 18.0 Å². The molecule has 0 aliphatic carbocycles. The van der Waals surface area contributed by atoms with Gasteiger partial charge in [0.2, 0.25) is 0 Å². The van der Waals surface area contributed by atoms with E-state index in [1.54, 1.807) is 18.4 Å². The maximum atomic E-state index is 10.8. The zero-order valence-electron chi connectivity index (χ0n) is 15.4. The van der Waals surface area contributed by atoms with Crippen molar-refractivity contribution in [3.8, 4) is 5.75 Å². The number of thiophene rings is 1. The average Bonchev–Trinajstić information content (AvgIpc) is 3.13.